The maximum absolute atomic E-state index is 9.19. The van der Waals surface area contributed by atoms with Gasteiger partial charge in [0.1, 0.15) is 0 Å². The molecular weight excluding hydrogens is 402 g/mol. The van der Waals surface area contributed by atoms with Crippen LogP contribution in [0, 0.1) is 0 Å². The summed E-state index contributed by atoms with van der Waals surface area (Å²) in [7, 11) is -3.67. The molecule has 1 N–H and O–H groups in total. The van der Waals surface area contributed by atoms with Gasteiger partial charge in [-0.05, 0) is 62.3 Å². The van der Waals surface area contributed by atoms with Gasteiger partial charge in [0, 0.05) is 17.6 Å². The van der Waals surface area contributed by atoms with Crippen LogP contribution in [-0.4, -0.2) is 44.0 Å². The Balaban J connectivity index is 0.000000393. The van der Waals surface area contributed by atoms with Gasteiger partial charge in [0.2, 0.25) is 6.79 Å². The standard InChI is InChI=1S/C22H25NO2.CH4O3S/c1-22(23-13-11-17(14-23)16-6-3-2-4-7-16)12-5-8-18-19(22)9-10-20-21(18)25-15-24-20;1-5(2,3)4/h2-4,6-7,9-10,17H,5,8,11-15H2,1H3;1H3,(H,2,3,4). The summed E-state index contributed by atoms with van der Waals surface area (Å²) in [4.78, 5) is 2.71. The van der Waals surface area contributed by atoms with E-state index in [4.69, 9.17) is 14.0 Å². The van der Waals surface area contributed by atoms with Crippen LogP contribution in [0.2, 0.25) is 0 Å². The largest absolute Gasteiger partial charge is 0.454 e. The SMILES string of the molecule is CC1(N2CCC(c3ccccc3)C2)CCCc2c1ccc1c2OCO1.CS(=O)(=O)O. The van der Waals surface area contributed by atoms with E-state index in [-0.39, 0.29) is 5.54 Å². The molecule has 2 atom stereocenters. The average molecular weight is 432 g/mol. The van der Waals surface area contributed by atoms with Crippen molar-refractivity contribution in [1.29, 1.82) is 0 Å². The molecule has 0 spiro atoms. The van der Waals surface area contributed by atoms with Gasteiger partial charge in [-0.15, -0.1) is 0 Å². The maximum Gasteiger partial charge on any atom is 0.261 e. The van der Waals surface area contributed by atoms with Crippen LogP contribution in [0.3, 0.4) is 0 Å². The molecule has 2 aromatic rings. The van der Waals surface area contributed by atoms with Gasteiger partial charge in [-0.2, -0.15) is 8.42 Å². The number of rotatable bonds is 2. The molecule has 6 nitrogen and oxygen atoms in total. The zero-order chi connectivity index (χ0) is 21.4. The molecule has 1 saturated heterocycles. The van der Waals surface area contributed by atoms with Gasteiger partial charge in [-0.25, -0.2) is 0 Å². The smallest absolute Gasteiger partial charge is 0.261 e. The van der Waals surface area contributed by atoms with Gasteiger partial charge in [-0.1, -0.05) is 36.4 Å². The Kier molecular flexibility index (Phi) is 5.79. The summed E-state index contributed by atoms with van der Waals surface area (Å²) < 4.78 is 37.3. The molecular formula is C23H29NO5S. The Morgan fingerprint density at radius 3 is 2.60 bits per heavy atom. The zero-order valence-electron chi connectivity index (χ0n) is 17.5. The van der Waals surface area contributed by atoms with Crippen LogP contribution in [-0.2, 0) is 22.1 Å². The molecule has 0 amide bonds. The second kappa shape index (κ2) is 8.21. The predicted molar refractivity (Wildman–Crippen MR) is 116 cm³/mol. The molecule has 2 aromatic carbocycles. The van der Waals surface area contributed by atoms with Crippen LogP contribution in [0.25, 0.3) is 0 Å². The Morgan fingerprint density at radius 1 is 1.13 bits per heavy atom. The first-order valence-corrected chi connectivity index (χ1v) is 12.2. The van der Waals surface area contributed by atoms with Crippen LogP contribution in [0.4, 0.5) is 0 Å². The number of likely N-dealkylation sites (tertiary alicyclic amines) is 1. The molecule has 0 bridgehead atoms. The molecule has 2 aliphatic heterocycles. The van der Waals surface area contributed by atoms with Gasteiger partial charge < -0.3 is 9.47 Å². The predicted octanol–water partition coefficient (Wildman–Crippen LogP) is 3.96. The summed E-state index contributed by atoms with van der Waals surface area (Å²) in [6.07, 6.45) is 5.51. The first kappa shape index (κ1) is 21.2. The van der Waals surface area contributed by atoms with Crippen molar-refractivity contribution >= 4 is 10.1 Å². The minimum atomic E-state index is -3.67. The Hall–Kier alpha value is -2.09. The molecule has 0 radical (unpaired) electrons. The monoisotopic (exact) mass is 431 g/mol. The van der Waals surface area contributed by atoms with Crippen molar-refractivity contribution in [2.45, 2.75) is 44.1 Å². The molecule has 2 unspecified atom stereocenters. The number of nitrogens with zero attached hydrogens (tertiary/aromatic N) is 1. The van der Waals surface area contributed by atoms with Gasteiger partial charge in [0.15, 0.2) is 11.5 Å². The lowest BCUT2D eigenvalue weighted by Gasteiger charge is -2.43. The molecule has 162 valence electrons. The normalized spacial score (nSPS) is 25.4. The van der Waals surface area contributed by atoms with Crippen molar-refractivity contribution in [3.63, 3.8) is 0 Å². The summed E-state index contributed by atoms with van der Waals surface area (Å²) in [5.41, 5.74) is 4.43. The summed E-state index contributed by atoms with van der Waals surface area (Å²) >= 11 is 0. The first-order valence-electron chi connectivity index (χ1n) is 10.4. The minimum Gasteiger partial charge on any atom is -0.454 e. The second-order valence-electron chi connectivity index (χ2n) is 8.53. The molecule has 2 heterocycles. The van der Waals surface area contributed by atoms with Gasteiger partial charge >= 0.3 is 0 Å². The number of ether oxygens (including phenoxy) is 2. The van der Waals surface area contributed by atoms with Crippen molar-refractivity contribution in [3.05, 3.63) is 59.2 Å². The van der Waals surface area contributed by atoms with Crippen LogP contribution >= 0.6 is 0 Å². The Labute approximate surface area is 178 Å². The van der Waals surface area contributed by atoms with E-state index in [9.17, 15) is 8.42 Å². The highest BCUT2D eigenvalue weighted by atomic mass is 32.2. The van der Waals surface area contributed by atoms with E-state index in [1.54, 1.807) is 0 Å². The average Bonchev–Trinajstić information content (AvgIpc) is 3.38. The van der Waals surface area contributed by atoms with Crippen LogP contribution < -0.4 is 9.47 Å². The van der Waals surface area contributed by atoms with E-state index in [1.165, 1.54) is 42.5 Å². The van der Waals surface area contributed by atoms with Gasteiger partial charge in [-0.3, -0.25) is 9.45 Å². The van der Waals surface area contributed by atoms with Crippen molar-refractivity contribution < 1.29 is 22.4 Å². The highest BCUT2D eigenvalue weighted by Crippen LogP contribution is 2.49. The molecule has 3 aliphatic rings. The third-order valence-corrected chi connectivity index (χ3v) is 6.47. The summed E-state index contributed by atoms with van der Waals surface area (Å²) in [6.45, 7) is 5.11. The molecule has 0 saturated carbocycles. The molecule has 5 rings (SSSR count). The lowest BCUT2D eigenvalue weighted by molar-refractivity contribution is 0.110. The lowest BCUT2D eigenvalue weighted by Crippen LogP contribution is -2.44. The molecule has 0 aromatic heterocycles. The third kappa shape index (κ3) is 4.33. The summed E-state index contributed by atoms with van der Waals surface area (Å²) in [5.74, 6) is 2.58. The van der Waals surface area contributed by atoms with E-state index in [1.807, 2.05) is 0 Å². The fourth-order valence-corrected chi connectivity index (χ4v) is 5.06. The lowest BCUT2D eigenvalue weighted by atomic mass is 9.76. The topological polar surface area (TPSA) is 76.1 Å². The van der Waals surface area contributed by atoms with E-state index < -0.39 is 10.1 Å². The summed E-state index contributed by atoms with van der Waals surface area (Å²) in [5, 5.41) is 0. The zero-order valence-corrected chi connectivity index (χ0v) is 18.3. The number of hydrogen-bond acceptors (Lipinski definition) is 5. The third-order valence-electron chi connectivity index (χ3n) is 6.47. The van der Waals surface area contributed by atoms with E-state index in [2.05, 4.69) is 54.3 Å². The summed E-state index contributed by atoms with van der Waals surface area (Å²) in [6, 6.07) is 15.4. The maximum atomic E-state index is 9.19. The molecule has 7 heteroatoms. The number of hydrogen-bond donors (Lipinski definition) is 1. The Bertz CT molecular complexity index is 1000. The van der Waals surface area contributed by atoms with Crippen molar-refractivity contribution in [2.75, 3.05) is 26.1 Å². The Morgan fingerprint density at radius 2 is 1.87 bits per heavy atom. The van der Waals surface area contributed by atoms with Crippen LogP contribution in [0.5, 0.6) is 11.5 Å². The molecule has 30 heavy (non-hydrogen) atoms. The number of fused-ring (bicyclic) bond motifs is 3. The van der Waals surface area contributed by atoms with Crippen LogP contribution in [0.1, 0.15) is 48.8 Å². The van der Waals surface area contributed by atoms with Crippen molar-refractivity contribution in [1.82, 2.24) is 4.90 Å². The van der Waals surface area contributed by atoms with Crippen LogP contribution in [0.15, 0.2) is 42.5 Å². The fraction of sp³-hybridized carbons (Fsp3) is 0.478. The van der Waals surface area contributed by atoms with E-state index in [0.717, 1.165) is 24.5 Å². The molecule has 1 fully saturated rings. The fourth-order valence-electron chi connectivity index (χ4n) is 5.06. The van der Waals surface area contributed by atoms with E-state index >= 15 is 0 Å². The van der Waals surface area contributed by atoms with Gasteiger partial charge in [0.25, 0.3) is 10.1 Å². The molecule has 1 aliphatic carbocycles. The first-order chi connectivity index (χ1) is 14.3. The van der Waals surface area contributed by atoms with Gasteiger partial charge in [0.05, 0.1) is 6.26 Å². The van der Waals surface area contributed by atoms with Crippen molar-refractivity contribution in [3.8, 4) is 11.5 Å². The quantitative estimate of drug-likeness (QED) is 0.726. The second-order valence-corrected chi connectivity index (χ2v) is 9.99. The van der Waals surface area contributed by atoms with E-state index in [0.29, 0.717) is 19.0 Å². The van der Waals surface area contributed by atoms with Crippen molar-refractivity contribution in [2.24, 2.45) is 0 Å². The number of benzene rings is 2. The minimum absolute atomic E-state index is 0.109. The highest BCUT2D eigenvalue weighted by molar-refractivity contribution is 7.85. The highest BCUT2D eigenvalue weighted by Gasteiger charge is 2.42.